The first-order valence-corrected chi connectivity index (χ1v) is 9.60. The van der Waals surface area contributed by atoms with E-state index in [0.717, 1.165) is 16.9 Å². The molecule has 0 N–H and O–H groups in total. The van der Waals surface area contributed by atoms with E-state index in [0.29, 0.717) is 5.56 Å². The van der Waals surface area contributed by atoms with Crippen LogP contribution < -0.4 is 0 Å². The molecule has 11 heteroatoms. The summed E-state index contributed by atoms with van der Waals surface area (Å²) in [5, 5.41) is 7.49. The number of nitrogens with zero attached hydrogens (tertiary/aromatic N) is 5. The summed E-state index contributed by atoms with van der Waals surface area (Å²) in [4.78, 5) is 3.72. The van der Waals surface area contributed by atoms with Crippen LogP contribution in [0.25, 0.3) is 0 Å². The lowest BCUT2D eigenvalue weighted by Crippen LogP contribution is -2.35. The van der Waals surface area contributed by atoms with Gasteiger partial charge in [0.05, 0.1) is 11.9 Å². The van der Waals surface area contributed by atoms with Gasteiger partial charge >= 0.3 is 6.18 Å². The predicted octanol–water partition coefficient (Wildman–Crippen LogP) is 3.47. The number of rotatable bonds is 4. The maximum Gasteiger partial charge on any atom is 0.413 e. The van der Waals surface area contributed by atoms with Gasteiger partial charge in [-0.1, -0.05) is 9.61 Å². The Balaban J connectivity index is 2.10. The number of hydrogen-bond donors (Lipinski definition) is 0. The fraction of sp³-hybridized carbons (Fsp3) is 0.529. The van der Waals surface area contributed by atoms with Crippen LogP contribution in [-0.2, 0) is 16.9 Å². The third-order valence-corrected chi connectivity index (χ3v) is 5.83. The van der Waals surface area contributed by atoms with Crippen LogP contribution >= 0.6 is 0 Å². The molecule has 2 aromatic rings. The second-order valence-corrected chi connectivity index (χ2v) is 9.55. The van der Waals surface area contributed by atoms with Crippen LogP contribution in [0.15, 0.2) is 22.7 Å². The van der Waals surface area contributed by atoms with Crippen LogP contribution in [0.3, 0.4) is 0 Å². The molecule has 6 nitrogen and oxygen atoms in total. The molecule has 1 atom stereocenters. The number of hydrogen-bond acceptors (Lipinski definition) is 5. The van der Waals surface area contributed by atoms with Gasteiger partial charge in [-0.3, -0.25) is 0 Å². The lowest BCUT2D eigenvalue weighted by molar-refractivity contribution is -0.182. The third-order valence-electron chi connectivity index (χ3n) is 4.43. The molecule has 0 spiro atoms. The minimum absolute atomic E-state index is 0.0182. The minimum Gasteiger partial charge on any atom is -0.591 e. The first-order chi connectivity index (χ1) is 12.8. The SMILES string of the molecule is Cc1nc(F)ccc1C(=N[S+]([O-])C(C)(C)C)c1cn(C2(C(F)(F)F)CC2)nn1. The monoisotopic (exact) mass is 417 g/mol. The molecule has 2 aromatic heterocycles. The standard InChI is InChI=1S/C17H19F4N5OS/c1-10-11(5-6-13(18)22-10)14(24-28(27)15(2,3)4)12-9-26(25-23-12)16(7-8-16)17(19,20)21/h5-6,9H,7-8H2,1-4H3. The van der Waals surface area contributed by atoms with Gasteiger partial charge in [0.2, 0.25) is 5.95 Å². The van der Waals surface area contributed by atoms with Gasteiger partial charge in [0, 0.05) is 5.56 Å². The summed E-state index contributed by atoms with van der Waals surface area (Å²) >= 11 is -1.73. The molecule has 3 rings (SSSR count). The zero-order valence-electron chi connectivity index (χ0n) is 15.7. The summed E-state index contributed by atoms with van der Waals surface area (Å²) in [6, 6.07) is 2.48. The molecular weight excluding hydrogens is 398 g/mol. The summed E-state index contributed by atoms with van der Waals surface area (Å²) in [5.41, 5.74) is -1.42. The van der Waals surface area contributed by atoms with Gasteiger partial charge in [-0.2, -0.15) is 17.6 Å². The quantitative estimate of drug-likeness (QED) is 0.330. The van der Waals surface area contributed by atoms with Gasteiger partial charge in [-0.05, 0) is 52.7 Å². The Hall–Kier alpha value is -2.01. The average Bonchev–Trinajstić information content (AvgIpc) is 3.24. The molecule has 0 aromatic carbocycles. The van der Waals surface area contributed by atoms with E-state index in [9.17, 15) is 22.1 Å². The smallest absolute Gasteiger partial charge is 0.413 e. The van der Waals surface area contributed by atoms with Gasteiger partial charge in [0.15, 0.2) is 11.3 Å². The summed E-state index contributed by atoms with van der Waals surface area (Å²) in [6.45, 7) is 6.65. The molecule has 0 saturated heterocycles. The second kappa shape index (κ2) is 6.80. The molecule has 28 heavy (non-hydrogen) atoms. The van der Waals surface area contributed by atoms with Crippen LogP contribution in [0.2, 0.25) is 0 Å². The normalized spacial score (nSPS) is 18.2. The average molecular weight is 417 g/mol. The molecule has 0 amide bonds. The molecule has 1 fully saturated rings. The van der Waals surface area contributed by atoms with Gasteiger partial charge < -0.3 is 4.55 Å². The van der Waals surface area contributed by atoms with Crippen molar-refractivity contribution in [2.45, 2.75) is 57.0 Å². The van der Waals surface area contributed by atoms with Crippen molar-refractivity contribution in [1.82, 2.24) is 20.0 Å². The van der Waals surface area contributed by atoms with E-state index in [1.165, 1.54) is 13.0 Å². The molecule has 1 aliphatic rings. The lowest BCUT2D eigenvalue weighted by Gasteiger charge is -2.19. The van der Waals surface area contributed by atoms with E-state index in [4.69, 9.17) is 0 Å². The first kappa shape index (κ1) is 20.7. The Morgan fingerprint density at radius 3 is 2.39 bits per heavy atom. The Morgan fingerprint density at radius 2 is 1.89 bits per heavy atom. The summed E-state index contributed by atoms with van der Waals surface area (Å²) < 4.78 is 70.3. The fourth-order valence-corrected chi connectivity index (χ4v) is 3.21. The van der Waals surface area contributed by atoms with Gasteiger partial charge in [-0.25, -0.2) is 9.67 Å². The van der Waals surface area contributed by atoms with Crippen LogP contribution in [0.5, 0.6) is 0 Å². The molecule has 0 bridgehead atoms. The summed E-state index contributed by atoms with van der Waals surface area (Å²) in [5.74, 6) is -0.713. The predicted molar refractivity (Wildman–Crippen MR) is 95.8 cm³/mol. The van der Waals surface area contributed by atoms with E-state index in [2.05, 4.69) is 19.7 Å². The van der Waals surface area contributed by atoms with Gasteiger partial charge in [0.1, 0.15) is 21.8 Å². The number of aromatic nitrogens is 4. The first-order valence-electron chi connectivity index (χ1n) is 8.49. The minimum atomic E-state index is -4.46. The lowest BCUT2D eigenvalue weighted by atomic mass is 10.1. The van der Waals surface area contributed by atoms with E-state index in [-0.39, 0.29) is 29.9 Å². The zero-order chi connectivity index (χ0) is 20.9. The molecule has 1 aliphatic carbocycles. The highest BCUT2D eigenvalue weighted by atomic mass is 32.2. The van der Waals surface area contributed by atoms with Crippen molar-refractivity contribution in [2.75, 3.05) is 0 Å². The number of halogens is 4. The van der Waals surface area contributed by atoms with Crippen molar-refractivity contribution in [2.24, 2.45) is 4.40 Å². The Kier molecular flexibility index (Phi) is 5.03. The summed E-state index contributed by atoms with van der Waals surface area (Å²) in [6.07, 6.45) is -3.49. The van der Waals surface area contributed by atoms with Crippen LogP contribution in [0.1, 0.15) is 50.6 Å². The van der Waals surface area contributed by atoms with E-state index >= 15 is 0 Å². The maximum atomic E-state index is 13.4. The van der Waals surface area contributed by atoms with Gasteiger partial charge in [-0.15, -0.1) is 5.10 Å². The number of pyridine rings is 1. The van der Waals surface area contributed by atoms with Crippen LogP contribution in [0.4, 0.5) is 17.6 Å². The maximum absolute atomic E-state index is 13.4. The molecule has 1 unspecified atom stereocenters. The van der Waals surface area contributed by atoms with Crippen molar-refractivity contribution in [1.29, 1.82) is 0 Å². The molecule has 0 radical (unpaired) electrons. The number of alkyl halides is 3. The fourth-order valence-electron chi connectivity index (χ4n) is 2.58. The topological polar surface area (TPSA) is 79.0 Å². The van der Waals surface area contributed by atoms with E-state index in [1.54, 1.807) is 20.8 Å². The Bertz CT molecular complexity index is 915. The Morgan fingerprint density at radius 1 is 1.25 bits per heavy atom. The zero-order valence-corrected chi connectivity index (χ0v) is 16.5. The molecule has 2 heterocycles. The van der Waals surface area contributed by atoms with E-state index in [1.807, 2.05) is 0 Å². The molecule has 0 aliphatic heterocycles. The summed E-state index contributed by atoms with van der Waals surface area (Å²) in [7, 11) is 0. The van der Waals surface area contributed by atoms with Crippen LogP contribution in [-0.4, -0.2) is 41.2 Å². The van der Waals surface area contributed by atoms with Crippen molar-refractivity contribution in [3.8, 4) is 0 Å². The second-order valence-electron chi connectivity index (χ2n) is 7.65. The highest BCUT2D eigenvalue weighted by Gasteiger charge is 2.66. The molecule has 1 saturated carbocycles. The molecular formula is C17H19F4N5OS. The van der Waals surface area contributed by atoms with Crippen molar-refractivity contribution >= 4 is 17.1 Å². The Labute approximate surface area is 162 Å². The molecule has 152 valence electrons. The van der Waals surface area contributed by atoms with Gasteiger partial charge in [0.25, 0.3) is 0 Å². The highest BCUT2D eigenvalue weighted by Crippen LogP contribution is 2.54. The van der Waals surface area contributed by atoms with Crippen molar-refractivity contribution < 1.29 is 22.1 Å². The van der Waals surface area contributed by atoms with Crippen molar-refractivity contribution in [3.63, 3.8) is 0 Å². The third kappa shape index (κ3) is 3.77. The highest BCUT2D eigenvalue weighted by molar-refractivity contribution is 7.91. The largest absolute Gasteiger partial charge is 0.591 e. The van der Waals surface area contributed by atoms with E-state index < -0.39 is 33.8 Å². The van der Waals surface area contributed by atoms with Crippen molar-refractivity contribution in [3.05, 3.63) is 41.2 Å². The van der Waals surface area contributed by atoms with Crippen LogP contribution in [0, 0.1) is 12.9 Å². The number of aryl methyl sites for hydroxylation is 1.